The Balaban J connectivity index is 1.62. The Morgan fingerprint density at radius 1 is 1.06 bits per heavy atom. The third-order valence-electron chi connectivity index (χ3n) is 5.46. The van der Waals surface area contributed by atoms with Crippen molar-refractivity contribution in [2.45, 2.75) is 51.0 Å². The van der Waals surface area contributed by atoms with Crippen LogP contribution < -0.4 is 11.5 Å². The molecule has 3 nitrogen and oxygen atoms in total. The molecule has 3 heteroatoms. The summed E-state index contributed by atoms with van der Waals surface area (Å²) in [5.41, 5.74) is 11.3. The summed E-state index contributed by atoms with van der Waals surface area (Å²) in [4.78, 5) is 10.9. The fourth-order valence-electron chi connectivity index (χ4n) is 5.11. The van der Waals surface area contributed by atoms with Crippen molar-refractivity contribution < 1.29 is 4.79 Å². The molecule has 0 spiro atoms. The van der Waals surface area contributed by atoms with Crippen molar-refractivity contribution in [3.05, 3.63) is 0 Å². The van der Waals surface area contributed by atoms with Gasteiger partial charge in [0.1, 0.15) is 0 Å². The van der Waals surface area contributed by atoms with Crippen LogP contribution in [-0.2, 0) is 4.79 Å². The molecular formula is C14H24N2O. The van der Waals surface area contributed by atoms with Crippen LogP contribution in [0.25, 0.3) is 0 Å². The quantitative estimate of drug-likeness (QED) is 0.779. The van der Waals surface area contributed by atoms with Crippen LogP contribution >= 0.6 is 0 Å². The average molecular weight is 236 g/mol. The van der Waals surface area contributed by atoms with Gasteiger partial charge in [-0.3, -0.25) is 4.79 Å². The van der Waals surface area contributed by atoms with Crippen LogP contribution in [0.1, 0.15) is 44.9 Å². The molecule has 4 fully saturated rings. The van der Waals surface area contributed by atoms with E-state index in [4.69, 9.17) is 11.5 Å². The van der Waals surface area contributed by atoms with Crippen molar-refractivity contribution in [1.29, 1.82) is 0 Å². The number of rotatable bonds is 4. The Bertz CT molecular complexity index is 287. The third kappa shape index (κ3) is 2.22. The Morgan fingerprint density at radius 2 is 1.59 bits per heavy atom. The van der Waals surface area contributed by atoms with Crippen molar-refractivity contribution in [1.82, 2.24) is 0 Å². The van der Waals surface area contributed by atoms with Crippen LogP contribution in [0, 0.1) is 29.6 Å². The highest BCUT2D eigenvalue weighted by molar-refractivity contribution is 5.74. The lowest BCUT2D eigenvalue weighted by atomic mass is 9.51. The second-order valence-corrected chi connectivity index (χ2v) is 6.76. The minimum absolute atomic E-state index is 0.00461. The Labute approximate surface area is 103 Å². The maximum Gasteiger partial charge on any atom is 0.218 e. The molecule has 1 unspecified atom stereocenters. The normalized spacial score (nSPS) is 44.9. The van der Waals surface area contributed by atoms with Crippen molar-refractivity contribution in [3.63, 3.8) is 0 Å². The van der Waals surface area contributed by atoms with E-state index in [2.05, 4.69) is 0 Å². The molecule has 4 aliphatic carbocycles. The van der Waals surface area contributed by atoms with Gasteiger partial charge in [0, 0.05) is 12.5 Å². The lowest BCUT2D eigenvalue weighted by Gasteiger charge is -2.55. The molecule has 4 N–H and O–H groups in total. The SMILES string of the molecule is NC(=O)CC(N)CC1C2CC3CC(C2)CC1C3. The standard InChI is InChI=1S/C14H24N2O/c15-12(7-14(16)17)6-13-10-2-8-1-9(4-10)5-11(13)3-8/h8-13H,1-7,15H2,(H2,16,17). The molecule has 4 aliphatic rings. The first-order valence-electron chi connectivity index (χ1n) is 7.15. The molecule has 1 atom stereocenters. The maximum atomic E-state index is 10.9. The molecule has 0 aliphatic heterocycles. The van der Waals surface area contributed by atoms with Crippen LogP contribution in [0.2, 0.25) is 0 Å². The smallest absolute Gasteiger partial charge is 0.218 e. The van der Waals surface area contributed by atoms with E-state index >= 15 is 0 Å². The zero-order valence-corrected chi connectivity index (χ0v) is 10.5. The molecule has 0 aromatic carbocycles. The molecule has 1 amide bonds. The van der Waals surface area contributed by atoms with Gasteiger partial charge in [0.25, 0.3) is 0 Å². The maximum absolute atomic E-state index is 10.9. The van der Waals surface area contributed by atoms with E-state index in [1.54, 1.807) is 0 Å². The Hall–Kier alpha value is -0.570. The van der Waals surface area contributed by atoms with E-state index in [0.717, 1.165) is 36.0 Å². The number of primary amides is 1. The van der Waals surface area contributed by atoms with Gasteiger partial charge >= 0.3 is 0 Å². The van der Waals surface area contributed by atoms with Gasteiger partial charge in [-0.15, -0.1) is 0 Å². The first kappa shape index (κ1) is 11.5. The number of carbonyl (C=O) groups excluding carboxylic acids is 1. The van der Waals surface area contributed by atoms with Gasteiger partial charge in [0.2, 0.25) is 5.91 Å². The van der Waals surface area contributed by atoms with Crippen molar-refractivity contribution in [3.8, 4) is 0 Å². The van der Waals surface area contributed by atoms with Crippen LogP contribution in [0.3, 0.4) is 0 Å². The number of nitrogens with two attached hydrogens (primary N) is 2. The summed E-state index contributed by atoms with van der Waals surface area (Å²) < 4.78 is 0. The molecule has 0 radical (unpaired) electrons. The molecule has 17 heavy (non-hydrogen) atoms. The first-order chi connectivity index (χ1) is 8.11. The highest BCUT2D eigenvalue weighted by Gasteiger charge is 2.48. The van der Waals surface area contributed by atoms with Gasteiger partial charge in [0.15, 0.2) is 0 Å². The molecule has 0 saturated heterocycles. The van der Waals surface area contributed by atoms with Crippen molar-refractivity contribution in [2.75, 3.05) is 0 Å². The lowest BCUT2D eigenvalue weighted by molar-refractivity contribution is -0.118. The van der Waals surface area contributed by atoms with Gasteiger partial charge in [-0.05, 0) is 68.1 Å². The summed E-state index contributed by atoms with van der Waals surface area (Å²) in [5.74, 6) is 4.39. The Morgan fingerprint density at radius 3 is 2.06 bits per heavy atom. The van der Waals surface area contributed by atoms with Crippen LogP contribution in [0.15, 0.2) is 0 Å². The third-order valence-corrected chi connectivity index (χ3v) is 5.46. The van der Waals surface area contributed by atoms with Crippen LogP contribution in [0.5, 0.6) is 0 Å². The minimum atomic E-state index is -0.249. The molecular weight excluding hydrogens is 212 g/mol. The second kappa shape index (κ2) is 4.27. The molecule has 0 aromatic rings. The molecule has 4 saturated carbocycles. The number of hydrogen-bond donors (Lipinski definition) is 2. The van der Waals surface area contributed by atoms with Gasteiger partial charge in [-0.25, -0.2) is 0 Å². The first-order valence-corrected chi connectivity index (χ1v) is 7.15. The number of carbonyl (C=O) groups is 1. The molecule has 0 heterocycles. The van der Waals surface area contributed by atoms with Crippen molar-refractivity contribution >= 4 is 5.91 Å². The molecule has 0 aromatic heterocycles. The summed E-state index contributed by atoms with van der Waals surface area (Å²) in [6, 6.07) is -0.00461. The van der Waals surface area contributed by atoms with Gasteiger partial charge in [0.05, 0.1) is 0 Å². The summed E-state index contributed by atoms with van der Waals surface area (Å²) in [7, 11) is 0. The second-order valence-electron chi connectivity index (χ2n) is 6.76. The largest absolute Gasteiger partial charge is 0.370 e. The zero-order chi connectivity index (χ0) is 12.0. The number of hydrogen-bond acceptors (Lipinski definition) is 2. The predicted octanol–water partition coefficient (Wildman–Crippen LogP) is 1.65. The van der Waals surface area contributed by atoms with E-state index in [1.165, 1.54) is 32.1 Å². The van der Waals surface area contributed by atoms with Crippen LogP contribution in [-0.4, -0.2) is 11.9 Å². The van der Waals surface area contributed by atoms with E-state index in [1.807, 2.05) is 0 Å². The summed E-state index contributed by atoms with van der Waals surface area (Å²) in [6.45, 7) is 0. The van der Waals surface area contributed by atoms with Gasteiger partial charge < -0.3 is 11.5 Å². The van der Waals surface area contributed by atoms with E-state index < -0.39 is 0 Å². The summed E-state index contributed by atoms with van der Waals surface area (Å²) in [5, 5.41) is 0. The van der Waals surface area contributed by atoms with E-state index in [9.17, 15) is 4.79 Å². The summed E-state index contributed by atoms with van der Waals surface area (Å²) >= 11 is 0. The fourth-order valence-corrected chi connectivity index (χ4v) is 5.11. The highest BCUT2D eigenvalue weighted by atomic mass is 16.1. The molecule has 96 valence electrons. The van der Waals surface area contributed by atoms with Gasteiger partial charge in [-0.2, -0.15) is 0 Å². The molecule has 4 rings (SSSR count). The summed E-state index contributed by atoms with van der Waals surface area (Å²) in [6.07, 6.45) is 8.61. The van der Waals surface area contributed by atoms with E-state index in [-0.39, 0.29) is 11.9 Å². The van der Waals surface area contributed by atoms with E-state index in [0.29, 0.717) is 6.42 Å². The zero-order valence-electron chi connectivity index (χ0n) is 10.5. The Kier molecular flexibility index (Phi) is 2.89. The average Bonchev–Trinajstić information content (AvgIpc) is 2.21. The fraction of sp³-hybridized carbons (Fsp3) is 0.929. The predicted molar refractivity (Wildman–Crippen MR) is 66.9 cm³/mol. The van der Waals surface area contributed by atoms with Crippen LogP contribution in [0.4, 0.5) is 0 Å². The monoisotopic (exact) mass is 236 g/mol. The minimum Gasteiger partial charge on any atom is -0.370 e. The lowest BCUT2D eigenvalue weighted by Crippen LogP contribution is -2.47. The topological polar surface area (TPSA) is 69.1 Å². The van der Waals surface area contributed by atoms with Crippen molar-refractivity contribution in [2.24, 2.45) is 41.1 Å². The highest BCUT2D eigenvalue weighted by Crippen LogP contribution is 2.57. The number of amides is 1. The van der Waals surface area contributed by atoms with Gasteiger partial charge in [-0.1, -0.05) is 0 Å². The molecule has 4 bridgehead atoms.